The van der Waals surface area contributed by atoms with E-state index in [1.54, 1.807) is 22.7 Å². The van der Waals surface area contributed by atoms with Gasteiger partial charge in [-0.3, -0.25) is 0 Å². The van der Waals surface area contributed by atoms with E-state index in [0.29, 0.717) is 0 Å². The third kappa shape index (κ3) is 2.53. The van der Waals surface area contributed by atoms with Gasteiger partial charge in [0.2, 0.25) is 0 Å². The van der Waals surface area contributed by atoms with Gasteiger partial charge >= 0.3 is 0 Å². The van der Waals surface area contributed by atoms with Crippen LogP contribution in [0.3, 0.4) is 0 Å². The van der Waals surface area contributed by atoms with Crippen molar-refractivity contribution in [1.82, 2.24) is 15.0 Å². The summed E-state index contributed by atoms with van der Waals surface area (Å²) >= 11 is 3.40. The number of thiophene rings is 1. The Labute approximate surface area is 125 Å². The molecule has 3 rings (SSSR count). The second-order valence-electron chi connectivity index (χ2n) is 4.58. The molecule has 0 spiro atoms. The lowest BCUT2D eigenvalue weighted by atomic mass is 10.3. The molecule has 0 saturated carbocycles. The van der Waals surface area contributed by atoms with Gasteiger partial charge in [0.05, 0.1) is 22.6 Å². The molecule has 0 aliphatic heterocycles. The van der Waals surface area contributed by atoms with Crippen LogP contribution in [0.1, 0.15) is 28.3 Å². The molecule has 3 aromatic rings. The fourth-order valence-corrected chi connectivity index (χ4v) is 3.75. The summed E-state index contributed by atoms with van der Waals surface area (Å²) in [6, 6.07) is 2.08. The van der Waals surface area contributed by atoms with Crippen molar-refractivity contribution in [2.45, 2.75) is 33.7 Å². The first-order chi connectivity index (χ1) is 9.67. The molecule has 4 nitrogen and oxygen atoms in total. The summed E-state index contributed by atoms with van der Waals surface area (Å²) in [5, 5.41) is 7.72. The van der Waals surface area contributed by atoms with E-state index >= 15 is 0 Å². The van der Waals surface area contributed by atoms with Crippen LogP contribution in [0.2, 0.25) is 0 Å². The first-order valence-electron chi connectivity index (χ1n) is 6.58. The topological polar surface area (TPSA) is 50.7 Å². The number of hydrogen-bond donors (Lipinski definition) is 1. The van der Waals surface area contributed by atoms with Gasteiger partial charge < -0.3 is 5.32 Å². The zero-order valence-corrected chi connectivity index (χ0v) is 13.4. The van der Waals surface area contributed by atoms with Crippen molar-refractivity contribution < 1.29 is 0 Å². The van der Waals surface area contributed by atoms with Gasteiger partial charge in [-0.25, -0.2) is 15.0 Å². The van der Waals surface area contributed by atoms with Crippen LogP contribution in [0.5, 0.6) is 0 Å². The van der Waals surface area contributed by atoms with Gasteiger partial charge in [-0.2, -0.15) is 0 Å². The van der Waals surface area contributed by atoms with Crippen LogP contribution in [0, 0.1) is 13.8 Å². The van der Waals surface area contributed by atoms with Gasteiger partial charge in [-0.15, -0.1) is 22.7 Å². The number of aryl methyl sites for hydroxylation is 3. The molecule has 3 aromatic heterocycles. The van der Waals surface area contributed by atoms with Gasteiger partial charge in [0.1, 0.15) is 16.5 Å². The van der Waals surface area contributed by atoms with Crippen LogP contribution in [-0.2, 0) is 13.0 Å². The molecule has 0 amide bonds. The van der Waals surface area contributed by atoms with Gasteiger partial charge in [-0.05, 0) is 25.3 Å². The Kier molecular flexibility index (Phi) is 3.67. The summed E-state index contributed by atoms with van der Waals surface area (Å²) < 4.78 is 0. The lowest BCUT2D eigenvalue weighted by Crippen LogP contribution is -2.04. The van der Waals surface area contributed by atoms with Gasteiger partial charge in [0.15, 0.2) is 0 Å². The number of fused-ring (bicyclic) bond motifs is 1. The highest BCUT2D eigenvalue weighted by molar-refractivity contribution is 7.16. The molecule has 1 N–H and O–H groups in total. The quantitative estimate of drug-likeness (QED) is 0.793. The largest absolute Gasteiger partial charge is 0.364 e. The van der Waals surface area contributed by atoms with E-state index in [4.69, 9.17) is 0 Å². The maximum Gasteiger partial charge on any atom is 0.138 e. The summed E-state index contributed by atoms with van der Waals surface area (Å²) in [6.07, 6.45) is 0.848. The van der Waals surface area contributed by atoms with E-state index < -0.39 is 0 Å². The lowest BCUT2D eigenvalue weighted by molar-refractivity contribution is 0.957. The van der Waals surface area contributed by atoms with Crippen molar-refractivity contribution in [3.8, 4) is 0 Å². The molecule has 104 valence electrons. The number of rotatable bonds is 4. The number of nitrogens with one attached hydrogen (secondary N) is 1. The highest BCUT2D eigenvalue weighted by Crippen LogP contribution is 2.26. The Balaban J connectivity index is 1.90. The van der Waals surface area contributed by atoms with Crippen LogP contribution in [0.4, 0.5) is 5.82 Å². The smallest absolute Gasteiger partial charge is 0.138 e. The number of anilines is 1. The molecule has 0 unspecified atom stereocenters. The zero-order valence-electron chi connectivity index (χ0n) is 11.7. The molecular formula is C14H16N4S2. The summed E-state index contributed by atoms with van der Waals surface area (Å²) in [4.78, 5) is 15.9. The van der Waals surface area contributed by atoms with Crippen molar-refractivity contribution in [1.29, 1.82) is 0 Å². The molecular weight excluding hydrogens is 288 g/mol. The molecule has 0 radical (unpaired) electrons. The fourth-order valence-electron chi connectivity index (χ4n) is 2.09. The van der Waals surface area contributed by atoms with Crippen molar-refractivity contribution in [3.05, 3.63) is 32.8 Å². The van der Waals surface area contributed by atoms with Crippen molar-refractivity contribution >= 4 is 38.7 Å². The van der Waals surface area contributed by atoms with Crippen LogP contribution >= 0.6 is 22.7 Å². The molecule has 6 heteroatoms. The van der Waals surface area contributed by atoms with Gasteiger partial charge in [-0.1, -0.05) is 6.92 Å². The highest BCUT2D eigenvalue weighted by atomic mass is 32.1. The minimum Gasteiger partial charge on any atom is -0.364 e. The molecule has 20 heavy (non-hydrogen) atoms. The SMILES string of the molecule is CCc1nc(NCc2sc(C)nc2C)c2ccsc2n1. The molecule has 0 aliphatic rings. The number of hydrogen-bond acceptors (Lipinski definition) is 6. The predicted octanol–water partition coefficient (Wildman–Crippen LogP) is 3.94. The maximum absolute atomic E-state index is 4.61. The summed E-state index contributed by atoms with van der Waals surface area (Å²) in [5.74, 6) is 1.82. The Hall–Kier alpha value is -1.53. The third-order valence-corrected chi connectivity index (χ3v) is 4.98. The Morgan fingerprint density at radius 2 is 2.05 bits per heavy atom. The Morgan fingerprint density at radius 1 is 1.20 bits per heavy atom. The number of nitrogens with zero attached hydrogens (tertiary/aromatic N) is 3. The van der Waals surface area contributed by atoms with Crippen LogP contribution in [0.25, 0.3) is 10.2 Å². The summed E-state index contributed by atoms with van der Waals surface area (Å²) in [6.45, 7) is 6.94. The average Bonchev–Trinajstić information content (AvgIpc) is 3.02. The second-order valence-corrected chi connectivity index (χ2v) is 6.76. The van der Waals surface area contributed by atoms with Crippen LogP contribution < -0.4 is 5.32 Å². The molecule has 3 heterocycles. The van der Waals surface area contributed by atoms with Crippen LogP contribution in [-0.4, -0.2) is 15.0 Å². The zero-order chi connectivity index (χ0) is 14.1. The molecule has 0 fully saturated rings. The predicted molar refractivity (Wildman–Crippen MR) is 85.7 cm³/mol. The van der Waals surface area contributed by atoms with E-state index in [0.717, 1.165) is 45.5 Å². The van der Waals surface area contributed by atoms with Gasteiger partial charge in [0.25, 0.3) is 0 Å². The van der Waals surface area contributed by atoms with E-state index in [1.807, 2.05) is 6.92 Å². The van der Waals surface area contributed by atoms with E-state index in [-0.39, 0.29) is 0 Å². The molecule has 0 aliphatic carbocycles. The third-order valence-electron chi connectivity index (χ3n) is 3.10. The first kappa shape index (κ1) is 13.5. The summed E-state index contributed by atoms with van der Waals surface area (Å²) in [5.41, 5.74) is 1.10. The first-order valence-corrected chi connectivity index (χ1v) is 8.28. The highest BCUT2D eigenvalue weighted by Gasteiger charge is 2.10. The minimum atomic E-state index is 0.766. The van der Waals surface area contributed by atoms with Crippen molar-refractivity contribution in [2.75, 3.05) is 5.32 Å². The number of aromatic nitrogens is 3. The minimum absolute atomic E-state index is 0.766. The lowest BCUT2D eigenvalue weighted by Gasteiger charge is -2.07. The molecule has 0 bridgehead atoms. The normalized spacial score (nSPS) is 11.2. The van der Waals surface area contributed by atoms with Crippen molar-refractivity contribution in [2.24, 2.45) is 0 Å². The Bertz CT molecular complexity index is 745. The van der Waals surface area contributed by atoms with E-state index in [2.05, 4.69) is 45.6 Å². The molecule has 0 saturated heterocycles. The molecule has 0 aromatic carbocycles. The average molecular weight is 304 g/mol. The fraction of sp³-hybridized carbons (Fsp3) is 0.357. The van der Waals surface area contributed by atoms with Crippen LogP contribution in [0.15, 0.2) is 11.4 Å². The monoisotopic (exact) mass is 304 g/mol. The second kappa shape index (κ2) is 5.46. The number of thiazole rings is 1. The van der Waals surface area contributed by atoms with Crippen molar-refractivity contribution in [3.63, 3.8) is 0 Å². The Morgan fingerprint density at radius 3 is 2.75 bits per heavy atom. The standard InChI is InChI=1S/C14H16N4S2/c1-4-12-17-13(10-5-6-19-14(10)18-12)15-7-11-8(2)16-9(3)20-11/h5-6H,4,7H2,1-3H3,(H,15,17,18). The molecule has 0 atom stereocenters. The van der Waals surface area contributed by atoms with E-state index in [9.17, 15) is 0 Å². The maximum atomic E-state index is 4.61. The van der Waals surface area contributed by atoms with E-state index in [1.165, 1.54) is 4.88 Å². The van der Waals surface area contributed by atoms with Gasteiger partial charge in [0, 0.05) is 11.3 Å². The summed E-state index contributed by atoms with van der Waals surface area (Å²) in [7, 11) is 0.